The normalized spacial score (nSPS) is 20.8. The standard InChI is InChI=1S/C20H28N4O2/c1-13(24-20(2,3)12-25)17-6-4-5-14-11-21-19(23-18(14)17)22-15-7-9-16(26)10-8-15/h4-6,11,15-16,24-26H,1,7-10,12H2,2-3H3,(H,21,22,23). The first-order chi connectivity index (χ1) is 12.4. The van der Waals surface area contributed by atoms with Crippen LogP contribution < -0.4 is 10.6 Å². The monoisotopic (exact) mass is 356 g/mol. The number of aliphatic hydroxyl groups excluding tert-OH is 2. The second-order valence-corrected chi connectivity index (χ2v) is 7.73. The van der Waals surface area contributed by atoms with Gasteiger partial charge in [-0.1, -0.05) is 24.8 Å². The Morgan fingerprint density at radius 2 is 2.00 bits per heavy atom. The number of rotatable bonds is 6. The summed E-state index contributed by atoms with van der Waals surface area (Å²) >= 11 is 0. The molecule has 0 amide bonds. The fourth-order valence-electron chi connectivity index (χ4n) is 3.29. The van der Waals surface area contributed by atoms with Crippen molar-refractivity contribution in [1.29, 1.82) is 0 Å². The maximum atomic E-state index is 9.65. The minimum Gasteiger partial charge on any atom is -0.394 e. The molecular formula is C20H28N4O2. The zero-order valence-electron chi connectivity index (χ0n) is 15.5. The summed E-state index contributed by atoms with van der Waals surface area (Å²) in [6.07, 6.45) is 5.10. The van der Waals surface area contributed by atoms with E-state index >= 15 is 0 Å². The molecule has 0 saturated heterocycles. The zero-order chi connectivity index (χ0) is 18.7. The van der Waals surface area contributed by atoms with Crippen molar-refractivity contribution in [3.05, 3.63) is 36.5 Å². The van der Waals surface area contributed by atoms with Crippen molar-refractivity contribution in [3.8, 4) is 0 Å². The Morgan fingerprint density at radius 1 is 1.27 bits per heavy atom. The van der Waals surface area contributed by atoms with Gasteiger partial charge in [0.15, 0.2) is 0 Å². The summed E-state index contributed by atoms with van der Waals surface area (Å²) < 4.78 is 0. The number of hydrogen-bond donors (Lipinski definition) is 4. The summed E-state index contributed by atoms with van der Waals surface area (Å²) in [5.74, 6) is 0.598. The highest BCUT2D eigenvalue weighted by atomic mass is 16.3. The van der Waals surface area contributed by atoms with Gasteiger partial charge in [-0.3, -0.25) is 0 Å². The van der Waals surface area contributed by atoms with Gasteiger partial charge in [0, 0.05) is 28.9 Å². The summed E-state index contributed by atoms with van der Waals surface area (Å²) in [6, 6.07) is 6.19. The van der Waals surface area contributed by atoms with Crippen LogP contribution in [-0.4, -0.2) is 44.5 Å². The number of aromatic nitrogens is 2. The van der Waals surface area contributed by atoms with Gasteiger partial charge in [0.1, 0.15) is 0 Å². The van der Waals surface area contributed by atoms with Gasteiger partial charge in [-0.15, -0.1) is 0 Å². The molecule has 1 saturated carbocycles. The van der Waals surface area contributed by atoms with Gasteiger partial charge in [0.05, 0.1) is 23.8 Å². The Labute approximate surface area is 154 Å². The molecule has 0 atom stereocenters. The molecule has 1 heterocycles. The Hall–Kier alpha value is -2.18. The molecule has 6 nitrogen and oxygen atoms in total. The van der Waals surface area contributed by atoms with Gasteiger partial charge < -0.3 is 20.8 Å². The number of hydrogen-bond acceptors (Lipinski definition) is 6. The van der Waals surface area contributed by atoms with Crippen LogP contribution in [0.4, 0.5) is 5.95 Å². The van der Waals surface area contributed by atoms with Gasteiger partial charge in [-0.05, 0) is 39.5 Å². The maximum Gasteiger partial charge on any atom is 0.223 e. The van der Waals surface area contributed by atoms with E-state index in [9.17, 15) is 10.2 Å². The molecule has 1 fully saturated rings. The first-order valence-electron chi connectivity index (χ1n) is 9.16. The van der Waals surface area contributed by atoms with Gasteiger partial charge >= 0.3 is 0 Å². The van der Waals surface area contributed by atoms with E-state index in [4.69, 9.17) is 4.98 Å². The molecule has 6 heteroatoms. The fraction of sp³-hybridized carbons (Fsp3) is 0.500. The minimum absolute atomic E-state index is 0.00606. The molecule has 1 aliphatic carbocycles. The highest BCUT2D eigenvalue weighted by molar-refractivity contribution is 5.90. The first kappa shape index (κ1) is 18.6. The summed E-state index contributed by atoms with van der Waals surface area (Å²) in [5, 5.41) is 26.7. The average Bonchev–Trinajstić information content (AvgIpc) is 2.62. The molecule has 0 bridgehead atoms. The lowest BCUT2D eigenvalue weighted by atomic mass is 9.93. The summed E-state index contributed by atoms with van der Waals surface area (Å²) in [7, 11) is 0. The third-order valence-electron chi connectivity index (χ3n) is 4.85. The molecule has 1 aromatic heterocycles. The van der Waals surface area contributed by atoms with Crippen molar-refractivity contribution >= 4 is 22.5 Å². The van der Waals surface area contributed by atoms with Gasteiger partial charge in [0.25, 0.3) is 0 Å². The lowest BCUT2D eigenvalue weighted by molar-refractivity contribution is 0.126. The second kappa shape index (κ2) is 7.60. The van der Waals surface area contributed by atoms with E-state index in [0.717, 1.165) is 47.8 Å². The molecule has 2 aromatic rings. The molecule has 3 rings (SSSR count). The van der Waals surface area contributed by atoms with Crippen LogP contribution in [0, 0.1) is 0 Å². The molecule has 0 radical (unpaired) electrons. The maximum absolute atomic E-state index is 9.65. The second-order valence-electron chi connectivity index (χ2n) is 7.73. The Bertz CT molecular complexity index is 782. The van der Waals surface area contributed by atoms with E-state index < -0.39 is 5.54 Å². The predicted molar refractivity (Wildman–Crippen MR) is 105 cm³/mol. The highest BCUT2D eigenvalue weighted by Crippen LogP contribution is 2.25. The number of para-hydroxylation sites is 1. The smallest absolute Gasteiger partial charge is 0.223 e. The lowest BCUT2D eigenvalue weighted by Crippen LogP contribution is -2.41. The molecule has 1 aromatic carbocycles. The molecule has 0 spiro atoms. The number of aliphatic hydroxyl groups is 2. The highest BCUT2D eigenvalue weighted by Gasteiger charge is 2.21. The molecule has 0 unspecified atom stereocenters. The number of nitrogens with one attached hydrogen (secondary N) is 2. The van der Waals surface area contributed by atoms with Crippen LogP contribution in [-0.2, 0) is 0 Å². The van der Waals surface area contributed by atoms with Crippen LogP contribution in [0.15, 0.2) is 31.0 Å². The average molecular weight is 356 g/mol. The van der Waals surface area contributed by atoms with Crippen LogP contribution >= 0.6 is 0 Å². The van der Waals surface area contributed by atoms with Crippen LogP contribution in [0.5, 0.6) is 0 Å². The predicted octanol–water partition coefficient (Wildman–Crippen LogP) is 2.68. The van der Waals surface area contributed by atoms with Crippen LogP contribution in [0.2, 0.25) is 0 Å². The molecule has 1 aliphatic rings. The van der Waals surface area contributed by atoms with E-state index in [1.165, 1.54) is 0 Å². The van der Waals surface area contributed by atoms with E-state index in [0.29, 0.717) is 5.95 Å². The van der Waals surface area contributed by atoms with Crippen LogP contribution in [0.1, 0.15) is 45.1 Å². The minimum atomic E-state index is -0.462. The van der Waals surface area contributed by atoms with Crippen molar-refractivity contribution in [2.75, 3.05) is 11.9 Å². The van der Waals surface area contributed by atoms with Crippen molar-refractivity contribution in [1.82, 2.24) is 15.3 Å². The summed E-state index contributed by atoms with van der Waals surface area (Å²) in [4.78, 5) is 9.15. The van der Waals surface area contributed by atoms with E-state index in [1.807, 2.05) is 38.2 Å². The number of fused-ring (bicyclic) bond motifs is 1. The number of benzene rings is 1. The van der Waals surface area contributed by atoms with Gasteiger partial charge in [0.2, 0.25) is 5.95 Å². The SMILES string of the molecule is C=C(NC(C)(C)CO)c1cccc2cnc(NC3CCC(O)CC3)nc12. The molecule has 26 heavy (non-hydrogen) atoms. The van der Waals surface area contributed by atoms with Crippen LogP contribution in [0.3, 0.4) is 0 Å². The number of anilines is 1. The van der Waals surface area contributed by atoms with Crippen LogP contribution in [0.25, 0.3) is 16.6 Å². The largest absolute Gasteiger partial charge is 0.394 e. The molecule has 140 valence electrons. The summed E-state index contributed by atoms with van der Waals surface area (Å²) in [6.45, 7) is 7.98. The fourth-order valence-corrected chi connectivity index (χ4v) is 3.29. The quantitative estimate of drug-likeness (QED) is 0.636. The summed E-state index contributed by atoms with van der Waals surface area (Å²) in [5.41, 5.74) is 1.98. The third-order valence-corrected chi connectivity index (χ3v) is 4.85. The molecule has 4 N–H and O–H groups in total. The molecular weight excluding hydrogens is 328 g/mol. The van der Waals surface area contributed by atoms with E-state index in [2.05, 4.69) is 22.2 Å². The first-order valence-corrected chi connectivity index (χ1v) is 9.16. The Kier molecular flexibility index (Phi) is 5.44. The van der Waals surface area contributed by atoms with E-state index in [1.54, 1.807) is 0 Å². The van der Waals surface area contributed by atoms with Crippen molar-refractivity contribution in [3.63, 3.8) is 0 Å². The van der Waals surface area contributed by atoms with Crippen molar-refractivity contribution in [2.45, 2.75) is 57.2 Å². The van der Waals surface area contributed by atoms with E-state index in [-0.39, 0.29) is 18.8 Å². The third kappa shape index (κ3) is 4.31. The Balaban J connectivity index is 1.84. The lowest BCUT2D eigenvalue weighted by Gasteiger charge is -2.27. The van der Waals surface area contributed by atoms with Gasteiger partial charge in [-0.2, -0.15) is 0 Å². The number of nitrogens with zero attached hydrogens (tertiary/aromatic N) is 2. The Morgan fingerprint density at radius 3 is 2.69 bits per heavy atom. The topological polar surface area (TPSA) is 90.3 Å². The van der Waals surface area contributed by atoms with Gasteiger partial charge in [-0.25, -0.2) is 9.97 Å². The molecule has 0 aliphatic heterocycles. The zero-order valence-corrected chi connectivity index (χ0v) is 15.5. The van der Waals surface area contributed by atoms with Crippen molar-refractivity contribution < 1.29 is 10.2 Å². The van der Waals surface area contributed by atoms with Crippen molar-refractivity contribution in [2.24, 2.45) is 0 Å².